The Bertz CT molecular complexity index is 581. The van der Waals surface area contributed by atoms with Gasteiger partial charge in [0.2, 0.25) is 0 Å². The number of nitriles is 1. The molecule has 0 saturated heterocycles. The summed E-state index contributed by atoms with van der Waals surface area (Å²) in [5, 5.41) is 17.7. The van der Waals surface area contributed by atoms with E-state index < -0.39 is 5.97 Å². The molecule has 0 atom stereocenters. The fourth-order valence-corrected chi connectivity index (χ4v) is 1.35. The van der Waals surface area contributed by atoms with Crippen LogP contribution in [-0.4, -0.2) is 20.6 Å². The summed E-state index contributed by atoms with van der Waals surface area (Å²) in [6, 6.07) is 8.16. The van der Waals surface area contributed by atoms with E-state index in [1.807, 2.05) is 6.07 Å². The van der Waals surface area contributed by atoms with Gasteiger partial charge in [-0.2, -0.15) is 5.26 Å². The Labute approximate surface area is 91.2 Å². The average molecular weight is 213 g/mol. The molecule has 0 radical (unpaired) electrons. The van der Waals surface area contributed by atoms with E-state index in [2.05, 4.69) is 4.98 Å². The van der Waals surface area contributed by atoms with Crippen molar-refractivity contribution in [3.05, 3.63) is 47.9 Å². The van der Waals surface area contributed by atoms with Gasteiger partial charge in [0.05, 0.1) is 5.56 Å². The highest BCUT2D eigenvalue weighted by atomic mass is 16.4. The number of carboxylic acid groups (broad SMARTS) is 1. The van der Waals surface area contributed by atoms with Crippen molar-refractivity contribution in [2.24, 2.45) is 0 Å². The number of hydrogen-bond donors (Lipinski definition) is 1. The number of pyridine rings is 1. The summed E-state index contributed by atoms with van der Waals surface area (Å²) in [5.74, 6) is -0.601. The zero-order valence-corrected chi connectivity index (χ0v) is 8.16. The minimum Gasteiger partial charge on any atom is -0.478 e. The first-order valence-electron chi connectivity index (χ1n) is 4.49. The number of nitrogens with zero attached hydrogens (tertiary/aromatic N) is 3. The molecule has 2 rings (SSSR count). The molecule has 0 unspecified atom stereocenters. The molecule has 5 heteroatoms. The molecule has 0 bridgehead atoms. The lowest BCUT2D eigenvalue weighted by molar-refractivity contribution is 0.0696. The van der Waals surface area contributed by atoms with Crippen LogP contribution in [0.1, 0.15) is 16.1 Å². The molecule has 0 aliphatic heterocycles. The van der Waals surface area contributed by atoms with Gasteiger partial charge in [-0.3, -0.25) is 4.57 Å². The number of rotatable bonds is 2. The van der Waals surface area contributed by atoms with Crippen molar-refractivity contribution >= 4 is 5.97 Å². The molecule has 16 heavy (non-hydrogen) atoms. The fraction of sp³-hybridized carbons (Fsp3) is 0. The lowest BCUT2D eigenvalue weighted by Crippen LogP contribution is -2.02. The van der Waals surface area contributed by atoms with Crippen molar-refractivity contribution < 1.29 is 9.90 Å². The second-order valence-corrected chi connectivity index (χ2v) is 3.08. The van der Waals surface area contributed by atoms with Crippen molar-refractivity contribution in [1.82, 2.24) is 9.55 Å². The van der Waals surface area contributed by atoms with Crippen LogP contribution in [0.25, 0.3) is 5.82 Å². The number of aromatic nitrogens is 2. The maximum atomic E-state index is 10.8. The van der Waals surface area contributed by atoms with E-state index in [0.29, 0.717) is 11.5 Å². The molecule has 0 spiro atoms. The Morgan fingerprint density at radius 1 is 1.50 bits per heavy atom. The largest absolute Gasteiger partial charge is 0.478 e. The number of aromatic carboxylic acids is 1. The monoisotopic (exact) mass is 213 g/mol. The number of carbonyl (C=O) groups is 1. The molecule has 5 nitrogen and oxygen atoms in total. The molecular weight excluding hydrogens is 206 g/mol. The molecule has 2 aromatic heterocycles. The zero-order chi connectivity index (χ0) is 11.5. The quantitative estimate of drug-likeness (QED) is 0.818. The third-order valence-electron chi connectivity index (χ3n) is 2.10. The van der Waals surface area contributed by atoms with Gasteiger partial charge in [-0.15, -0.1) is 0 Å². The Kier molecular flexibility index (Phi) is 2.40. The van der Waals surface area contributed by atoms with Crippen LogP contribution >= 0.6 is 0 Å². The van der Waals surface area contributed by atoms with Crippen LogP contribution in [0.3, 0.4) is 0 Å². The highest BCUT2D eigenvalue weighted by Gasteiger charge is 2.07. The second-order valence-electron chi connectivity index (χ2n) is 3.08. The molecular formula is C11H7N3O2. The highest BCUT2D eigenvalue weighted by molar-refractivity contribution is 5.87. The van der Waals surface area contributed by atoms with Gasteiger partial charge < -0.3 is 5.11 Å². The first-order chi connectivity index (χ1) is 7.72. The second kappa shape index (κ2) is 3.87. The molecule has 0 aromatic carbocycles. The average Bonchev–Trinajstić information content (AvgIpc) is 2.77. The van der Waals surface area contributed by atoms with E-state index in [1.165, 1.54) is 22.9 Å². The molecule has 0 aliphatic rings. The van der Waals surface area contributed by atoms with Crippen LogP contribution in [0.4, 0.5) is 0 Å². The first-order valence-corrected chi connectivity index (χ1v) is 4.49. The van der Waals surface area contributed by atoms with E-state index in [-0.39, 0.29) is 5.56 Å². The molecule has 0 saturated carbocycles. The molecule has 0 aliphatic carbocycles. The van der Waals surface area contributed by atoms with Crippen LogP contribution in [0.15, 0.2) is 36.7 Å². The third kappa shape index (κ3) is 1.64. The summed E-state index contributed by atoms with van der Waals surface area (Å²) >= 11 is 0. The Balaban J connectivity index is 2.53. The lowest BCUT2D eigenvalue weighted by atomic mass is 10.2. The van der Waals surface area contributed by atoms with Crippen molar-refractivity contribution in [1.29, 1.82) is 5.26 Å². The van der Waals surface area contributed by atoms with Gasteiger partial charge in [0, 0.05) is 12.4 Å². The van der Waals surface area contributed by atoms with Gasteiger partial charge in [0.1, 0.15) is 17.6 Å². The minimum atomic E-state index is -1.02. The van der Waals surface area contributed by atoms with Crippen LogP contribution in [-0.2, 0) is 0 Å². The maximum Gasteiger partial charge on any atom is 0.335 e. The topological polar surface area (TPSA) is 78.9 Å². The molecule has 2 heterocycles. The van der Waals surface area contributed by atoms with Crippen LogP contribution in [0, 0.1) is 11.3 Å². The van der Waals surface area contributed by atoms with Crippen molar-refractivity contribution in [3.63, 3.8) is 0 Å². The number of carboxylic acids is 1. The zero-order valence-electron chi connectivity index (χ0n) is 8.16. The maximum absolute atomic E-state index is 10.8. The van der Waals surface area contributed by atoms with Crippen molar-refractivity contribution in [3.8, 4) is 11.9 Å². The molecule has 0 fully saturated rings. The first kappa shape index (κ1) is 9.93. The summed E-state index contributed by atoms with van der Waals surface area (Å²) in [6.07, 6.45) is 3.06. The minimum absolute atomic E-state index is 0.141. The number of hydrogen-bond acceptors (Lipinski definition) is 3. The summed E-state index contributed by atoms with van der Waals surface area (Å²) in [4.78, 5) is 14.8. The van der Waals surface area contributed by atoms with E-state index >= 15 is 0 Å². The van der Waals surface area contributed by atoms with E-state index in [9.17, 15) is 4.79 Å². The molecule has 78 valence electrons. The van der Waals surface area contributed by atoms with Crippen LogP contribution < -0.4 is 0 Å². The Morgan fingerprint density at radius 3 is 3.00 bits per heavy atom. The Hall–Kier alpha value is -2.61. The van der Waals surface area contributed by atoms with Gasteiger partial charge in [-0.1, -0.05) is 0 Å². The van der Waals surface area contributed by atoms with Gasteiger partial charge in [-0.05, 0) is 24.3 Å². The van der Waals surface area contributed by atoms with Crippen LogP contribution in [0.5, 0.6) is 0 Å². The van der Waals surface area contributed by atoms with E-state index in [0.717, 1.165) is 0 Å². The molecule has 2 aromatic rings. The Morgan fingerprint density at radius 2 is 2.31 bits per heavy atom. The summed E-state index contributed by atoms with van der Waals surface area (Å²) in [7, 11) is 0. The predicted molar refractivity (Wildman–Crippen MR) is 55.2 cm³/mol. The van der Waals surface area contributed by atoms with Crippen molar-refractivity contribution in [2.45, 2.75) is 0 Å². The van der Waals surface area contributed by atoms with Gasteiger partial charge in [-0.25, -0.2) is 9.78 Å². The summed E-state index contributed by atoms with van der Waals surface area (Å²) < 4.78 is 1.53. The third-order valence-corrected chi connectivity index (χ3v) is 2.10. The summed E-state index contributed by atoms with van der Waals surface area (Å²) in [5.41, 5.74) is 0.553. The van der Waals surface area contributed by atoms with Gasteiger partial charge in [0.25, 0.3) is 0 Å². The van der Waals surface area contributed by atoms with Gasteiger partial charge in [0.15, 0.2) is 0 Å². The van der Waals surface area contributed by atoms with E-state index in [1.54, 1.807) is 18.3 Å². The van der Waals surface area contributed by atoms with Crippen LogP contribution in [0.2, 0.25) is 0 Å². The normalized spacial score (nSPS) is 9.69. The van der Waals surface area contributed by atoms with E-state index in [4.69, 9.17) is 10.4 Å². The molecule has 1 N–H and O–H groups in total. The van der Waals surface area contributed by atoms with Gasteiger partial charge >= 0.3 is 5.97 Å². The standard InChI is InChI=1S/C11H7N3O2/c12-7-9-2-1-5-14(9)10-6-8(11(15)16)3-4-13-10/h1-6H,(H,15,16). The summed E-state index contributed by atoms with van der Waals surface area (Å²) in [6.45, 7) is 0. The fourth-order valence-electron chi connectivity index (χ4n) is 1.35. The lowest BCUT2D eigenvalue weighted by Gasteiger charge is -2.03. The molecule has 0 amide bonds. The highest BCUT2D eigenvalue weighted by Crippen LogP contribution is 2.11. The predicted octanol–water partition coefficient (Wildman–Crippen LogP) is 1.44. The smallest absolute Gasteiger partial charge is 0.335 e. The SMILES string of the molecule is N#Cc1cccn1-c1cc(C(=O)O)ccn1. The van der Waals surface area contributed by atoms with Crippen molar-refractivity contribution in [2.75, 3.05) is 0 Å².